The van der Waals surface area contributed by atoms with Crippen LogP contribution in [0.4, 0.5) is 0 Å². The summed E-state index contributed by atoms with van der Waals surface area (Å²) in [4.78, 5) is 11.9. The molecule has 90 valence electrons. The zero-order valence-electron chi connectivity index (χ0n) is 10.2. The van der Waals surface area contributed by atoms with E-state index in [2.05, 4.69) is 18.2 Å². The predicted octanol–water partition coefficient (Wildman–Crippen LogP) is 3.43. The number of ether oxygens (including phenoxy) is 1. The summed E-state index contributed by atoms with van der Waals surface area (Å²) in [6.45, 7) is 2.31. The number of hydrogen-bond acceptors (Lipinski definition) is 2. The van der Waals surface area contributed by atoms with Gasteiger partial charge in [0, 0.05) is 0 Å². The number of allylic oxidation sites excluding steroid dienone is 1. The molecule has 0 aliphatic heterocycles. The van der Waals surface area contributed by atoms with Gasteiger partial charge in [-0.25, -0.2) is 0 Å². The number of esters is 1. The van der Waals surface area contributed by atoms with Gasteiger partial charge in [0.15, 0.2) is 0 Å². The molecule has 0 spiro atoms. The third-order valence-corrected chi connectivity index (χ3v) is 3.11. The molecule has 0 saturated heterocycles. The van der Waals surface area contributed by atoms with Crippen molar-refractivity contribution in [2.45, 2.75) is 26.2 Å². The molecule has 1 aromatic carbocycles. The molecule has 0 fully saturated rings. The number of carbonyl (C=O) groups is 1. The van der Waals surface area contributed by atoms with E-state index in [0.717, 1.165) is 30.4 Å². The van der Waals surface area contributed by atoms with Crippen LogP contribution in [0.15, 0.2) is 36.4 Å². The molecule has 17 heavy (non-hydrogen) atoms. The van der Waals surface area contributed by atoms with Gasteiger partial charge in [0.05, 0.1) is 12.5 Å². The van der Waals surface area contributed by atoms with Crippen molar-refractivity contribution in [1.29, 1.82) is 0 Å². The van der Waals surface area contributed by atoms with Gasteiger partial charge in [0.25, 0.3) is 0 Å². The lowest BCUT2D eigenvalue weighted by molar-refractivity contribution is -0.146. The van der Waals surface area contributed by atoms with Crippen LogP contribution in [-0.4, -0.2) is 12.6 Å². The van der Waals surface area contributed by atoms with E-state index in [1.807, 2.05) is 25.1 Å². The molecule has 2 nitrogen and oxygen atoms in total. The van der Waals surface area contributed by atoms with E-state index in [9.17, 15) is 4.79 Å². The number of carbonyl (C=O) groups excluding carboxylic acids is 1. The normalized spacial score (nSPS) is 19.6. The van der Waals surface area contributed by atoms with Crippen LogP contribution in [0.3, 0.4) is 0 Å². The van der Waals surface area contributed by atoms with E-state index >= 15 is 0 Å². The summed E-state index contributed by atoms with van der Waals surface area (Å²) in [7, 11) is 0. The molecule has 0 bridgehead atoms. The summed E-state index contributed by atoms with van der Waals surface area (Å²) in [5.74, 6) is -0.159. The van der Waals surface area contributed by atoms with Gasteiger partial charge >= 0.3 is 5.97 Å². The summed E-state index contributed by atoms with van der Waals surface area (Å²) in [5.41, 5.74) is 2.28. The van der Waals surface area contributed by atoms with Gasteiger partial charge in [0.2, 0.25) is 0 Å². The molecule has 0 heterocycles. The monoisotopic (exact) mass is 230 g/mol. The van der Waals surface area contributed by atoms with Crippen LogP contribution >= 0.6 is 0 Å². The van der Waals surface area contributed by atoms with Gasteiger partial charge in [-0.15, -0.1) is 0 Å². The Balaban J connectivity index is 2.24. The van der Waals surface area contributed by atoms with Gasteiger partial charge in [-0.3, -0.25) is 4.79 Å². The molecule has 0 radical (unpaired) electrons. The second-order valence-corrected chi connectivity index (χ2v) is 4.26. The minimum atomic E-state index is -0.0812. The van der Waals surface area contributed by atoms with Gasteiger partial charge in [-0.1, -0.05) is 36.4 Å². The Bertz CT molecular complexity index is 406. The van der Waals surface area contributed by atoms with Crippen LogP contribution in [-0.2, 0) is 9.53 Å². The highest BCUT2D eigenvalue weighted by atomic mass is 16.5. The van der Waals surface area contributed by atoms with E-state index < -0.39 is 0 Å². The van der Waals surface area contributed by atoms with Crippen molar-refractivity contribution in [3.63, 3.8) is 0 Å². The van der Waals surface area contributed by atoms with E-state index in [0.29, 0.717) is 6.61 Å². The first-order valence-electron chi connectivity index (χ1n) is 6.25. The van der Waals surface area contributed by atoms with Crippen molar-refractivity contribution in [2.24, 2.45) is 5.92 Å². The Morgan fingerprint density at radius 1 is 1.35 bits per heavy atom. The number of hydrogen-bond donors (Lipinski definition) is 0. The maximum atomic E-state index is 11.9. The lowest BCUT2D eigenvalue weighted by Crippen LogP contribution is -2.21. The van der Waals surface area contributed by atoms with Gasteiger partial charge in [0.1, 0.15) is 0 Å². The average molecular weight is 230 g/mol. The van der Waals surface area contributed by atoms with Crippen molar-refractivity contribution in [3.8, 4) is 0 Å². The topological polar surface area (TPSA) is 26.3 Å². The van der Waals surface area contributed by atoms with Crippen molar-refractivity contribution in [1.82, 2.24) is 0 Å². The largest absolute Gasteiger partial charge is 0.466 e. The summed E-state index contributed by atoms with van der Waals surface area (Å²) < 4.78 is 5.15. The van der Waals surface area contributed by atoms with Crippen molar-refractivity contribution in [2.75, 3.05) is 6.61 Å². The minimum Gasteiger partial charge on any atom is -0.466 e. The van der Waals surface area contributed by atoms with Gasteiger partial charge < -0.3 is 4.74 Å². The lowest BCUT2D eigenvalue weighted by atomic mass is 9.84. The van der Waals surface area contributed by atoms with E-state index in [-0.39, 0.29) is 11.9 Å². The van der Waals surface area contributed by atoms with Crippen LogP contribution < -0.4 is 0 Å². The minimum absolute atomic E-state index is 0.0777. The molecule has 0 unspecified atom stereocenters. The smallest absolute Gasteiger partial charge is 0.313 e. The maximum absolute atomic E-state index is 11.9. The SMILES string of the molecule is CCOC(=O)[C@H]1CCCC=C1c1ccccc1. The zero-order valence-corrected chi connectivity index (χ0v) is 10.2. The van der Waals surface area contributed by atoms with Crippen LogP contribution in [0.25, 0.3) is 5.57 Å². The highest BCUT2D eigenvalue weighted by Crippen LogP contribution is 2.33. The van der Waals surface area contributed by atoms with Crippen LogP contribution in [0.1, 0.15) is 31.7 Å². The van der Waals surface area contributed by atoms with Crippen molar-refractivity contribution >= 4 is 11.5 Å². The van der Waals surface area contributed by atoms with E-state index in [1.165, 1.54) is 0 Å². The maximum Gasteiger partial charge on any atom is 0.313 e. The fourth-order valence-corrected chi connectivity index (χ4v) is 2.31. The number of rotatable bonds is 3. The Morgan fingerprint density at radius 3 is 2.82 bits per heavy atom. The quantitative estimate of drug-likeness (QED) is 0.743. The summed E-state index contributed by atoms with van der Waals surface area (Å²) in [5, 5.41) is 0. The molecule has 1 aliphatic rings. The predicted molar refractivity (Wildman–Crippen MR) is 68.4 cm³/mol. The van der Waals surface area contributed by atoms with Gasteiger partial charge in [-0.2, -0.15) is 0 Å². The molecule has 2 heteroatoms. The zero-order chi connectivity index (χ0) is 12.1. The lowest BCUT2D eigenvalue weighted by Gasteiger charge is -2.22. The molecule has 1 atom stereocenters. The van der Waals surface area contributed by atoms with Crippen LogP contribution in [0.2, 0.25) is 0 Å². The molecular weight excluding hydrogens is 212 g/mol. The molecule has 2 rings (SSSR count). The van der Waals surface area contributed by atoms with Gasteiger partial charge in [-0.05, 0) is 37.3 Å². The molecule has 1 aromatic rings. The van der Waals surface area contributed by atoms with E-state index in [4.69, 9.17) is 4.74 Å². The van der Waals surface area contributed by atoms with Crippen molar-refractivity contribution < 1.29 is 9.53 Å². The first-order valence-corrected chi connectivity index (χ1v) is 6.25. The first kappa shape index (κ1) is 11.9. The van der Waals surface area contributed by atoms with Crippen LogP contribution in [0.5, 0.6) is 0 Å². The second-order valence-electron chi connectivity index (χ2n) is 4.26. The third kappa shape index (κ3) is 2.76. The first-order chi connectivity index (χ1) is 8.33. The molecule has 0 N–H and O–H groups in total. The standard InChI is InChI=1S/C15H18O2/c1-2-17-15(16)14-11-7-6-10-13(14)12-8-4-3-5-9-12/h3-5,8-10,14H,2,6-7,11H2,1H3/t14-/m0/s1. The van der Waals surface area contributed by atoms with E-state index in [1.54, 1.807) is 0 Å². The Morgan fingerprint density at radius 2 is 2.12 bits per heavy atom. The molecular formula is C15H18O2. The molecule has 1 aliphatic carbocycles. The van der Waals surface area contributed by atoms with Crippen molar-refractivity contribution in [3.05, 3.63) is 42.0 Å². The molecule has 0 aromatic heterocycles. The third-order valence-electron chi connectivity index (χ3n) is 3.11. The second kappa shape index (κ2) is 5.67. The summed E-state index contributed by atoms with van der Waals surface area (Å²) in [6, 6.07) is 10.1. The Kier molecular flexibility index (Phi) is 3.97. The summed E-state index contributed by atoms with van der Waals surface area (Å²) in [6.07, 6.45) is 5.21. The molecule has 0 amide bonds. The number of benzene rings is 1. The fraction of sp³-hybridized carbons (Fsp3) is 0.400. The highest BCUT2D eigenvalue weighted by Gasteiger charge is 2.26. The Hall–Kier alpha value is -1.57. The Labute approximate surface area is 102 Å². The molecule has 0 saturated carbocycles. The summed E-state index contributed by atoms with van der Waals surface area (Å²) >= 11 is 0. The fourth-order valence-electron chi connectivity index (χ4n) is 2.31. The average Bonchev–Trinajstić information content (AvgIpc) is 2.40. The van der Waals surface area contributed by atoms with Crippen LogP contribution in [0, 0.1) is 5.92 Å². The highest BCUT2D eigenvalue weighted by molar-refractivity contribution is 5.88.